The third kappa shape index (κ3) is 4.33. The van der Waals surface area contributed by atoms with Gasteiger partial charge >= 0.3 is 6.03 Å². The second-order valence-electron chi connectivity index (χ2n) is 6.34. The lowest BCUT2D eigenvalue weighted by Gasteiger charge is -2.34. The number of urea groups is 1. The lowest BCUT2D eigenvalue weighted by molar-refractivity contribution is 0.141. The number of nitrogens with one attached hydrogen (secondary N) is 1. The van der Waals surface area contributed by atoms with Gasteiger partial charge in [-0.05, 0) is 24.6 Å². The van der Waals surface area contributed by atoms with Gasteiger partial charge in [-0.15, -0.1) is 0 Å². The Labute approximate surface area is 148 Å². The van der Waals surface area contributed by atoms with E-state index < -0.39 is 0 Å². The molecule has 2 aromatic rings. The molecule has 1 unspecified atom stereocenters. The quantitative estimate of drug-likeness (QED) is 0.930. The van der Waals surface area contributed by atoms with Crippen molar-refractivity contribution in [3.8, 4) is 11.1 Å². The van der Waals surface area contributed by atoms with Crippen LogP contribution in [0.4, 0.5) is 4.79 Å². The van der Waals surface area contributed by atoms with Crippen molar-refractivity contribution in [3.05, 3.63) is 48.5 Å². The van der Waals surface area contributed by atoms with Crippen LogP contribution in [0.15, 0.2) is 43.0 Å². The summed E-state index contributed by atoms with van der Waals surface area (Å²) in [5, 5.41) is 3.10. The zero-order chi connectivity index (χ0) is 17.6. The number of likely N-dealkylation sites (N-methyl/N-ethyl adjacent to an activating group) is 1. The molecule has 1 N–H and O–H groups in total. The number of amides is 2. The maximum absolute atomic E-state index is 12.4. The molecule has 1 saturated heterocycles. The predicted octanol–water partition coefficient (Wildman–Crippen LogP) is 2.55. The Morgan fingerprint density at radius 1 is 1.08 bits per heavy atom. The zero-order valence-electron chi connectivity index (χ0n) is 14.9. The van der Waals surface area contributed by atoms with Crippen molar-refractivity contribution >= 4 is 6.03 Å². The van der Waals surface area contributed by atoms with E-state index in [0.29, 0.717) is 0 Å². The van der Waals surface area contributed by atoms with Gasteiger partial charge in [0.25, 0.3) is 0 Å². The first-order valence-electron chi connectivity index (χ1n) is 8.80. The van der Waals surface area contributed by atoms with E-state index in [0.717, 1.165) is 49.4 Å². The number of carbonyl (C=O) groups is 1. The van der Waals surface area contributed by atoms with E-state index in [1.807, 2.05) is 36.1 Å². The van der Waals surface area contributed by atoms with Crippen molar-refractivity contribution in [2.45, 2.75) is 19.9 Å². The number of hydrogen-bond acceptors (Lipinski definition) is 4. The highest BCUT2D eigenvalue weighted by Gasteiger charge is 2.21. The monoisotopic (exact) mass is 339 g/mol. The van der Waals surface area contributed by atoms with E-state index in [2.05, 4.69) is 27.1 Å². The number of hydrogen-bond donors (Lipinski definition) is 1. The molecule has 0 radical (unpaired) electrons. The normalized spacial score (nSPS) is 16.5. The fourth-order valence-electron chi connectivity index (χ4n) is 3.04. The topological polar surface area (TPSA) is 61.4 Å². The summed E-state index contributed by atoms with van der Waals surface area (Å²) >= 11 is 0. The fourth-order valence-corrected chi connectivity index (χ4v) is 3.04. The molecule has 1 aromatic carbocycles. The largest absolute Gasteiger partial charge is 0.331 e. The van der Waals surface area contributed by atoms with Crippen molar-refractivity contribution in [2.75, 3.05) is 32.7 Å². The summed E-state index contributed by atoms with van der Waals surface area (Å²) in [6.07, 6.45) is 5.11. The molecule has 1 aliphatic heterocycles. The van der Waals surface area contributed by atoms with Crippen LogP contribution in [0.1, 0.15) is 25.5 Å². The second-order valence-corrected chi connectivity index (χ2v) is 6.34. The smallest absolute Gasteiger partial charge is 0.317 e. The first-order chi connectivity index (χ1) is 12.2. The molecule has 1 atom stereocenters. The van der Waals surface area contributed by atoms with Crippen molar-refractivity contribution in [2.24, 2.45) is 0 Å². The van der Waals surface area contributed by atoms with Gasteiger partial charge in [-0.3, -0.25) is 0 Å². The number of piperazine rings is 1. The molecule has 1 fully saturated rings. The van der Waals surface area contributed by atoms with Gasteiger partial charge in [0.1, 0.15) is 6.33 Å². The molecule has 3 rings (SSSR count). The first-order valence-corrected chi connectivity index (χ1v) is 8.80. The molecule has 0 aliphatic carbocycles. The van der Waals surface area contributed by atoms with Crippen molar-refractivity contribution in [1.82, 2.24) is 25.1 Å². The third-order valence-electron chi connectivity index (χ3n) is 4.75. The number of aromatic nitrogens is 2. The molecule has 0 spiro atoms. The molecule has 0 bridgehead atoms. The summed E-state index contributed by atoms with van der Waals surface area (Å²) in [4.78, 5) is 24.8. The predicted molar refractivity (Wildman–Crippen MR) is 98.1 cm³/mol. The van der Waals surface area contributed by atoms with Gasteiger partial charge in [0, 0.05) is 44.1 Å². The Kier molecular flexibility index (Phi) is 5.60. The number of carbonyl (C=O) groups excluding carboxylic acids is 1. The van der Waals surface area contributed by atoms with E-state index in [4.69, 9.17) is 0 Å². The highest BCUT2D eigenvalue weighted by Crippen LogP contribution is 2.20. The van der Waals surface area contributed by atoms with Gasteiger partial charge in [-0.2, -0.15) is 0 Å². The van der Waals surface area contributed by atoms with E-state index in [9.17, 15) is 4.79 Å². The van der Waals surface area contributed by atoms with Crippen LogP contribution in [0.25, 0.3) is 11.1 Å². The molecule has 1 aromatic heterocycles. The molecular formula is C19H25N5O. The van der Waals surface area contributed by atoms with Gasteiger partial charge in [-0.1, -0.05) is 31.2 Å². The highest BCUT2D eigenvalue weighted by molar-refractivity contribution is 5.75. The van der Waals surface area contributed by atoms with Crippen LogP contribution in [0.2, 0.25) is 0 Å². The van der Waals surface area contributed by atoms with E-state index in [-0.39, 0.29) is 12.1 Å². The van der Waals surface area contributed by atoms with Gasteiger partial charge in [0.05, 0.1) is 6.04 Å². The molecule has 2 heterocycles. The Hall–Kier alpha value is -2.47. The van der Waals surface area contributed by atoms with Crippen LogP contribution < -0.4 is 5.32 Å². The fraction of sp³-hybridized carbons (Fsp3) is 0.421. The van der Waals surface area contributed by atoms with Crippen LogP contribution in [0, 0.1) is 0 Å². The zero-order valence-corrected chi connectivity index (χ0v) is 14.9. The number of nitrogens with zero attached hydrogens (tertiary/aromatic N) is 4. The Bertz CT molecular complexity index is 681. The standard InChI is InChI=1S/C19H25N5O/c1-3-23-8-10-24(11-9-23)19(25)22-15(2)16-4-6-17(7-5-16)18-12-20-14-21-13-18/h4-7,12-15H,3,8-11H2,1-2H3,(H,22,25). The van der Waals surface area contributed by atoms with Crippen LogP contribution in [-0.2, 0) is 0 Å². The van der Waals surface area contributed by atoms with E-state index in [1.165, 1.54) is 6.33 Å². The van der Waals surface area contributed by atoms with Crippen molar-refractivity contribution < 1.29 is 4.79 Å². The van der Waals surface area contributed by atoms with Crippen molar-refractivity contribution in [1.29, 1.82) is 0 Å². The van der Waals surface area contributed by atoms with E-state index in [1.54, 1.807) is 12.4 Å². The lowest BCUT2D eigenvalue weighted by Crippen LogP contribution is -2.51. The molecule has 0 saturated carbocycles. The highest BCUT2D eigenvalue weighted by atomic mass is 16.2. The van der Waals surface area contributed by atoms with Crippen LogP contribution in [0.5, 0.6) is 0 Å². The SMILES string of the molecule is CCN1CCN(C(=O)NC(C)c2ccc(-c3cncnc3)cc2)CC1. The van der Waals surface area contributed by atoms with Crippen molar-refractivity contribution in [3.63, 3.8) is 0 Å². The maximum Gasteiger partial charge on any atom is 0.317 e. The Morgan fingerprint density at radius 3 is 2.32 bits per heavy atom. The third-order valence-corrected chi connectivity index (χ3v) is 4.75. The van der Waals surface area contributed by atoms with Gasteiger partial charge in [0.2, 0.25) is 0 Å². The van der Waals surface area contributed by atoms with E-state index >= 15 is 0 Å². The van der Waals surface area contributed by atoms with Gasteiger partial charge in [0.15, 0.2) is 0 Å². The summed E-state index contributed by atoms with van der Waals surface area (Å²) in [7, 11) is 0. The lowest BCUT2D eigenvalue weighted by atomic mass is 10.0. The average Bonchev–Trinajstić information content (AvgIpc) is 2.68. The molecule has 6 heteroatoms. The minimum Gasteiger partial charge on any atom is -0.331 e. The second kappa shape index (κ2) is 8.07. The van der Waals surface area contributed by atoms with Crippen LogP contribution in [-0.4, -0.2) is 58.5 Å². The summed E-state index contributed by atoms with van der Waals surface area (Å²) in [6.45, 7) is 8.70. The minimum atomic E-state index is -0.0298. The van der Waals surface area contributed by atoms with Gasteiger partial charge < -0.3 is 15.1 Å². The molecule has 1 aliphatic rings. The number of rotatable bonds is 4. The molecule has 6 nitrogen and oxygen atoms in total. The first kappa shape index (κ1) is 17.4. The Balaban J connectivity index is 1.58. The van der Waals surface area contributed by atoms with Gasteiger partial charge in [-0.25, -0.2) is 14.8 Å². The summed E-state index contributed by atoms with van der Waals surface area (Å²) in [6, 6.07) is 8.15. The molecule has 25 heavy (non-hydrogen) atoms. The van der Waals surface area contributed by atoms with Crippen LogP contribution in [0.3, 0.4) is 0 Å². The minimum absolute atomic E-state index is 0.0174. The summed E-state index contributed by atoms with van der Waals surface area (Å²) in [5.41, 5.74) is 3.14. The van der Waals surface area contributed by atoms with Crippen LogP contribution >= 0.6 is 0 Å². The summed E-state index contributed by atoms with van der Waals surface area (Å²) < 4.78 is 0. The molecule has 2 amide bonds. The molecule has 132 valence electrons. The average molecular weight is 339 g/mol. The number of benzene rings is 1. The maximum atomic E-state index is 12.4. The summed E-state index contributed by atoms with van der Waals surface area (Å²) in [5.74, 6) is 0. The molecular weight excluding hydrogens is 314 g/mol. The Morgan fingerprint density at radius 2 is 1.72 bits per heavy atom.